The zero-order chi connectivity index (χ0) is 16.5. The number of allylic oxidation sites excluding steroid dienone is 2. The maximum Gasteiger partial charge on any atom is -0.00773 e. The summed E-state index contributed by atoms with van der Waals surface area (Å²) in [7, 11) is 0. The summed E-state index contributed by atoms with van der Waals surface area (Å²) in [6.07, 6.45) is 6.27. The molecule has 0 aromatic heterocycles. The molecule has 1 heteroatoms. The Balaban J connectivity index is 0.00000155. The highest BCUT2D eigenvalue weighted by Gasteiger charge is 2.27. The Kier molecular flexibility index (Phi) is 10.9. The van der Waals surface area contributed by atoms with Gasteiger partial charge in [-0.05, 0) is 70.4 Å². The van der Waals surface area contributed by atoms with E-state index in [-0.39, 0.29) is 7.43 Å². The van der Waals surface area contributed by atoms with Gasteiger partial charge in [-0.3, -0.25) is 0 Å². The summed E-state index contributed by atoms with van der Waals surface area (Å²) >= 11 is 0. The summed E-state index contributed by atoms with van der Waals surface area (Å²) in [4.78, 5) is 0. The lowest BCUT2D eigenvalue weighted by atomic mass is 9.71. The molecule has 1 aliphatic carbocycles. The van der Waals surface area contributed by atoms with Crippen molar-refractivity contribution in [3.8, 4) is 0 Å². The van der Waals surface area contributed by atoms with Gasteiger partial charge >= 0.3 is 0 Å². The highest BCUT2D eigenvalue weighted by atomic mass is 14.5. The van der Waals surface area contributed by atoms with Crippen LogP contribution >= 0.6 is 0 Å². The third-order valence-corrected chi connectivity index (χ3v) is 4.93. The monoisotopic (exact) mass is 317 g/mol. The summed E-state index contributed by atoms with van der Waals surface area (Å²) in [6.45, 7) is 11.6. The second-order valence-electron chi connectivity index (χ2n) is 6.53. The number of unbranched alkanes of at least 4 members (excludes halogenated alkanes) is 1. The van der Waals surface area contributed by atoms with E-state index in [0.29, 0.717) is 5.92 Å². The Morgan fingerprint density at radius 1 is 0.913 bits per heavy atom. The van der Waals surface area contributed by atoms with Gasteiger partial charge in [-0.15, -0.1) is 0 Å². The van der Waals surface area contributed by atoms with Gasteiger partial charge in [0.25, 0.3) is 0 Å². The standard InChI is InChI=1S/C19H29N.C2H6.CH4/c1-14-7-9-17(10-8-14)19-13-16(3)15(2)12-18(19)6-4-5-11-20;1-2;/h7-10,18-19H,4-6,11-13,20H2,1-3H3;1-2H3;1H4/t18-,19+;;/m0../s1. The lowest BCUT2D eigenvalue weighted by molar-refractivity contribution is 0.356. The first-order valence-corrected chi connectivity index (χ1v) is 9.03. The predicted octanol–water partition coefficient (Wildman–Crippen LogP) is 6.62. The van der Waals surface area contributed by atoms with Gasteiger partial charge in [-0.2, -0.15) is 0 Å². The number of benzene rings is 1. The summed E-state index contributed by atoms with van der Waals surface area (Å²) in [5.74, 6) is 1.50. The molecule has 0 amide bonds. The molecule has 132 valence electrons. The highest BCUT2D eigenvalue weighted by molar-refractivity contribution is 5.29. The van der Waals surface area contributed by atoms with Gasteiger partial charge in [0.1, 0.15) is 0 Å². The van der Waals surface area contributed by atoms with Gasteiger partial charge in [0.2, 0.25) is 0 Å². The SMILES string of the molecule is C.CC.CC1=C(C)C[C@H](c2ccc(C)cc2)[C@@H](CCCCN)C1. The molecule has 0 saturated carbocycles. The second kappa shape index (κ2) is 11.5. The van der Waals surface area contributed by atoms with E-state index < -0.39 is 0 Å². The van der Waals surface area contributed by atoms with Crippen LogP contribution in [0.2, 0.25) is 0 Å². The van der Waals surface area contributed by atoms with Crippen molar-refractivity contribution >= 4 is 0 Å². The van der Waals surface area contributed by atoms with E-state index in [1.54, 1.807) is 11.1 Å². The Morgan fingerprint density at radius 2 is 1.48 bits per heavy atom. The number of nitrogens with two attached hydrogens (primary N) is 1. The lowest BCUT2D eigenvalue weighted by Gasteiger charge is -2.34. The van der Waals surface area contributed by atoms with Crippen LogP contribution in [0, 0.1) is 12.8 Å². The maximum atomic E-state index is 5.65. The third-order valence-electron chi connectivity index (χ3n) is 4.93. The van der Waals surface area contributed by atoms with Crippen molar-refractivity contribution in [3.05, 3.63) is 46.5 Å². The van der Waals surface area contributed by atoms with Crippen molar-refractivity contribution in [1.29, 1.82) is 0 Å². The Bertz CT molecular complexity index is 455. The van der Waals surface area contributed by atoms with E-state index in [2.05, 4.69) is 45.0 Å². The predicted molar refractivity (Wildman–Crippen MR) is 106 cm³/mol. The fraction of sp³-hybridized carbons (Fsp3) is 0.636. The van der Waals surface area contributed by atoms with E-state index in [0.717, 1.165) is 12.5 Å². The van der Waals surface area contributed by atoms with Crippen LogP contribution in [0.5, 0.6) is 0 Å². The van der Waals surface area contributed by atoms with Crippen molar-refractivity contribution in [2.75, 3.05) is 6.54 Å². The van der Waals surface area contributed by atoms with Crippen LogP contribution in [-0.2, 0) is 0 Å². The average molecular weight is 318 g/mol. The Morgan fingerprint density at radius 3 is 2.04 bits per heavy atom. The first-order chi connectivity index (χ1) is 10.6. The molecular formula is C22H39N. The fourth-order valence-electron chi connectivity index (χ4n) is 3.44. The normalized spacial score (nSPS) is 20.4. The van der Waals surface area contributed by atoms with Gasteiger partial charge in [-0.25, -0.2) is 0 Å². The fourth-order valence-corrected chi connectivity index (χ4v) is 3.44. The summed E-state index contributed by atoms with van der Waals surface area (Å²) in [6, 6.07) is 9.19. The minimum Gasteiger partial charge on any atom is -0.330 e. The van der Waals surface area contributed by atoms with E-state index in [1.807, 2.05) is 13.8 Å². The summed E-state index contributed by atoms with van der Waals surface area (Å²) < 4.78 is 0. The van der Waals surface area contributed by atoms with Gasteiger partial charge in [0.05, 0.1) is 0 Å². The van der Waals surface area contributed by atoms with Gasteiger partial charge in [0, 0.05) is 0 Å². The largest absolute Gasteiger partial charge is 0.330 e. The molecule has 1 aromatic rings. The van der Waals surface area contributed by atoms with Crippen molar-refractivity contribution in [3.63, 3.8) is 0 Å². The molecule has 1 aromatic carbocycles. The summed E-state index contributed by atoms with van der Waals surface area (Å²) in [5, 5.41) is 0. The molecule has 0 aliphatic heterocycles. The molecule has 1 nitrogen and oxygen atoms in total. The third kappa shape index (κ3) is 6.51. The Labute approximate surface area is 145 Å². The van der Waals surface area contributed by atoms with Crippen LogP contribution in [0.3, 0.4) is 0 Å². The number of hydrogen-bond acceptors (Lipinski definition) is 1. The van der Waals surface area contributed by atoms with Crippen LogP contribution in [0.25, 0.3) is 0 Å². The molecule has 0 heterocycles. The van der Waals surface area contributed by atoms with Crippen molar-refractivity contribution in [2.45, 2.75) is 80.1 Å². The lowest BCUT2D eigenvalue weighted by Crippen LogP contribution is -2.19. The molecule has 2 atom stereocenters. The zero-order valence-electron chi connectivity index (χ0n) is 15.3. The minimum atomic E-state index is 0. The Hall–Kier alpha value is -1.08. The minimum absolute atomic E-state index is 0. The molecular weight excluding hydrogens is 278 g/mol. The molecule has 0 unspecified atom stereocenters. The van der Waals surface area contributed by atoms with Crippen molar-refractivity contribution in [1.82, 2.24) is 0 Å². The van der Waals surface area contributed by atoms with Crippen LogP contribution in [0.4, 0.5) is 0 Å². The van der Waals surface area contributed by atoms with E-state index in [9.17, 15) is 0 Å². The van der Waals surface area contributed by atoms with Crippen LogP contribution in [0.15, 0.2) is 35.4 Å². The van der Waals surface area contributed by atoms with Gasteiger partial charge in [0.15, 0.2) is 0 Å². The van der Waals surface area contributed by atoms with Crippen LogP contribution < -0.4 is 5.73 Å². The molecule has 0 bridgehead atoms. The van der Waals surface area contributed by atoms with Gasteiger partial charge in [-0.1, -0.05) is 68.7 Å². The molecule has 0 saturated heterocycles. The van der Waals surface area contributed by atoms with Crippen LogP contribution in [0.1, 0.15) is 84.3 Å². The molecule has 2 rings (SSSR count). The second-order valence-corrected chi connectivity index (χ2v) is 6.53. The molecule has 2 N–H and O–H groups in total. The smallest absolute Gasteiger partial charge is 0.00773 e. The van der Waals surface area contributed by atoms with Crippen molar-refractivity contribution in [2.24, 2.45) is 11.7 Å². The molecule has 1 aliphatic rings. The number of aryl methyl sites for hydroxylation is 1. The average Bonchev–Trinajstić information content (AvgIpc) is 2.53. The molecule has 0 fully saturated rings. The topological polar surface area (TPSA) is 26.0 Å². The highest BCUT2D eigenvalue weighted by Crippen LogP contribution is 2.42. The van der Waals surface area contributed by atoms with Crippen molar-refractivity contribution < 1.29 is 0 Å². The zero-order valence-corrected chi connectivity index (χ0v) is 15.3. The van der Waals surface area contributed by atoms with Crippen LogP contribution in [-0.4, -0.2) is 6.54 Å². The van der Waals surface area contributed by atoms with E-state index in [1.165, 1.54) is 43.2 Å². The van der Waals surface area contributed by atoms with Gasteiger partial charge < -0.3 is 5.73 Å². The maximum absolute atomic E-state index is 5.65. The molecule has 23 heavy (non-hydrogen) atoms. The summed E-state index contributed by atoms with van der Waals surface area (Å²) in [5.41, 5.74) is 11.7. The quantitative estimate of drug-likeness (QED) is 0.479. The number of rotatable bonds is 5. The molecule has 0 spiro atoms. The number of hydrogen-bond donors (Lipinski definition) is 1. The molecule has 0 radical (unpaired) electrons. The van der Waals surface area contributed by atoms with E-state index in [4.69, 9.17) is 5.73 Å². The van der Waals surface area contributed by atoms with E-state index >= 15 is 0 Å². The first kappa shape index (κ1) is 21.9. The first-order valence-electron chi connectivity index (χ1n) is 9.03.